The van der Waals surface area contributed by atoms with Gasteiger partial charge in [0.15, 0.2) is 0 Å². The Hall–Kier alpha value is 0.630. The summed E-state index contributed by atoms with van der Waals surface area (Å²) in [6.07, 6.45) is 0. The van der Waals surface area contributed by atoms with Crippen molar-refractivity contribution in [1.82, 2.24) is 0 Å². The van der Waals surface area contributed by atoms with Gasteiger partial charge in [-0.3, -0.25) is 0 Å². The van der Waals surface area contributed by atoms with Crippen LogP contribution in [0.15, 0.2) is 0 Å². The molecule has 0 aromatic carbocycles. The molecule has 0 amide bonds. The van der Waals surface area contributed by atoms with Crippen molar-refractivity contribution in [2.75, 3.05) is 0 Å². The Morgan fingerprint density at radius 2 is 1.36 bits per heavy atom. The summed E-state index contributed by atoms with van der Waals surface area (Å²) in [7, 11) is -6.01. The van der Waals surface area contributed by atoms with Crippen LogP contribution in [-0.4, -0.2) is 17.2 Å². The third-order valence-electron chi connectivity index (χ3n) is 0.636. The van der Waals surface area contributed by atoms with E-state index in [-0.39, 0.29) is 0 Å². The van der Waals surface area contributed by atoms with E-state index >= 15 is 0 Å². The molecule has 0 saturated carbocycles. The molecule has 0 aliphatic heterocycles. The van der Waals surface area contributed by atoms with Crippen molar-refractivity contribution >= 4 is 42.1 Å². The Morgan fingerprint density at radius 1 is 1.09 bits per heavy atom. The fourth-order valence-corrected chi connectivity index (χ4v) is 0.995. The van der Waals surface area contributed by atoms with Gasteiger partial charge in [-0.1, -0.05) is 0 Å². The predicted octanol–water partition coefficient (Wildman–Crippen LogP) is 2.29. The van der Waals surface area contributed by atoms with Gasteiger partial charge in [0.05, 0.1) is 0 Å². The second kappa shape index (κ2) is 2.84. The minimum absolute atomic E-state index is 1.36. The molecule has 0 aliphatic carbocycles. The number of hydrogen-bond acceptors (Lipinski definition) is 2. The Bertz CT molecular complexity index is 241. The van der Waals surface area contributed by atoms with Gasteiger partial charge in [0.25, 0.3) is 0 Å². The second-order valence-corrected chi connectivity index (χ2v) is 5.50. The average Bonchev–Trinajstić information content (AvgIpc) is 1.58. The summed E-state index contributed by atoms with van der Waals surface area (Å²) in [5, 5.41) is 0. The summed E-state index contributed by atoms with van der Waals surface area (Å²) >= 11 is 2.76. The van der Waals surface area contributed by atoms with E-state index in [9.17, 15) is 25.5 Å². The van der Waals surface area contributed by atoms with Crippen LogP contribution in [0, 0.1) is 0 Å². The molecule has 11 heavy (non-hydrogen) atoms. The molecule has 0 fully saturated rings. The maximum atomic E-state index is 12.3. The molecule has 0 saturated heterocycles. The molecule has 0 aromatic heterocycles. The van der Waals surface area contributed by atoms with Crippen LogP contribution in [0.5, 0.6) is 0 Å². The van der Waals surface area contributed by atoms with Crippen molar-refractivity contribution in [2.45, 2.75) is 8.74 Å². The highest BCUT2D eigenvalue weighted by Crippen LogP contribution is 2.47. The molecule has 0 N–H and O–H groups in total. The summed E-state index contributed by atoms with van der Waals surface area (Å²) in [6, 6.07) is 0. The predicted molar refractivity (Wildman–Crippen MR) is 36.7 cm³/mol. The van der Waals surface area contributed by atoms with E-state index < -0.39 is 19.0 Å². The molecule has 0 aromatic rings. The quantitative estimate of drug-likeness (QED) is 0.444. The molecule has 2 nitrogen and oxygen atoms in total. The topological polar surface area (TPSA) is 34.1 Å². The van der Waals surface area contributed by atoms with Crippen LogP contribution in [0.2, 0.25) is 0 Å². The number of hydrogen-bond donors (Lipinski definition) is 0. The molecule has 0 rings (SSSR count). The summed E-state index contributed by atoms with van der Waals surface area (Å²) in [4.78, 5) is -4.52. The lowest BCUT2D eigenvalue weighted by Crippen LogP contribution is -2.38. The van der Waals surface area contributed by atoms with Crippen molar-refractivity contribution < 1.29 is 25.5 Å². The molecule has 9 heteroatoms. The molecular weight excluding hydrogens is 324 g/mol. The molecule has 1 atom stereocenters. The van der Waals surface area contributed by atoms with Gasteiger partial charge in [-0.25, -0.2) is 4.39 Å². The van der Waals surface area contributed by atoms with Gasteiger partial charge in [-0.15, -0.1) is 3.89 Å². The second-order valence-electron chi connectivity index (χ2n) is 1.45. The monoisotopic (exact) mass is 322 g/mol. The first-order valence-corrected chi connectivity index (χ1v) is 4.86. The van der Waals surface area contributed by atoms with Crippen molar-refractivity contribution in [3.8, 4) is 0 Å². The van der Waals surface area contributed by atoms with Crippen LogP contribution in [0.4, 0.5) is 17.1 Å². The van der Waals surface area contributed by atoms with E-state index in [1.165, 1.54) is 31.9 Å². The van der Waals surface area contributed by atoms with Gasteiger partial charge in [-0.05, 0) is 31.9 Å². The van der Waals surface area contributed by atoms with Crippen molar-refractivity contribution in [2.24, 2.45) is 0 Å². The van der Waals surface area contributed by atoms with Crippen molar-refractivity contribution in [3.63, 3.8) is 0 Å². The lowest BCUT2D eigenvalue weighted by molar-refractivity contribution is 0.0446. The summed E-state index contributed by atoms with van der Waals surface area (Å²) < 4.78 is 62.7. The van der Waals surface area contributed by atoms with E-state index in [1.807, 2.05) is 0 Å². The summed E-state index contributed by atoms with van der Waals surface area (Å²) in [6.45, 7) is 0. The molecular formula is C2Br2F4O2S. The number of alkyl halides is 5. The highest BCUT2D eigenvalue weighted by atomic mass is 79.9. The van der Waals surface area contributed by atoms with Gasteiger partial charge < -0.3 is 0 Å². The third kappa shape index (κ3) is 2.28. The minimum atomic E-state index is -6.01. The molecule has 0 aliphatic rings. The Labute approximate surface area is 76.4 Å². The van der Waals surface area contributed by atoms with Gasteiger partial charge in [0.2, 0.25) is 0 Å². The Morgan fingerprint density at radius 3 is 1.36 bits per heavy atom. The average molecular weight is 324 g/mol. The molecule has 0 heterocycles. The maximum absolute atomic E-state index is 12.3. The Kier molecular flexibility index (Phi) is 3.00. The molecule has 1 unspecified atom stereocenters. The van der Waals surface area contributed by atoms with Crippen LogP contribution in [0.1, 0.15) is 0 Å². The van der Waals surface area contributed by atoms with Crippen LogP contribution in [-0.2, 0) is 10.2 Å². The number of halogens is 6. The minimum Gasteiger partial charge on any atom is -0.202 e. The van der Waals surface area contributed by atoms with E-state index in [0.29, 0.717) is 0 Å². The zero-order valence-electron chi connectivity index (χ0n) is 4.49. The first-order chi connectivity index (χ1) is 4.50. The highest BCUT2D eigenvalue weighted by Gasteiger charge is 2.62. The van der Waals surface area contributed by atoms with Gasteiger partial charge in [0, 0.05) is 0 Å². The third-order valence-corrected chi connectivity index (χ3v) is 4.50. The lowest BCUT2D eigenvalue weighted by Gasteiger charge is -2.18. The largest absolute Gasteiger partial charge is 0.365 e. The van der Waals surface area contributed by atoms with Crippen LogP contribution < -0.4 is 0 Å². The van der Waals surface area contributed by atoms with E-state index in [1.54, 1.807) is 0 Å². The first kappa shape index (κ1) is 11.6. The van der Waals surface area contributed by atoms with E-state index in [4.69, 9.17) is 0 Å². The summed E-state index contributed by atoms with van der Waals surface area (Å²) in [5.41, 5.74) is 0. The van der Waals surface area contributed by atoms with Gasteiger partial charge in [-0.2, -0.15) is 17.2 Å². The van der Waals surface area contributed by atoms with Gasteiger partial charge in [0.1, 0.15) is 0 Å². The molecule has 0 spiro atoms. The standard InChI is InChI=1S/C2Br2F4O2S/c3-1(5,6)2(4,7)11(8,9)10. The van der Waals surface area contributed by atoms with E-state index in [2.05, 4.69) is 0 Å². The fourth-order valence-electron chi connectivity index (χ4n) is 0.138. The van der Waals surface area contributed by atoms with Gasteiger partial charge >= 0.3 is 19.0 Å². The SMILES string of the molecule is O=S(=O)(F)C(F)(Br)C(F)(F)Br. The summed E-state index contributed by atoms with van der Waals surface area (Å²) in [5.74, 6) is 0. The van der Waals surface area contributed by atoms with Crippen LogP contribution in [0.3, 0.4) is 0 Å². The normalized spacial score (nSPS) is 19.5. The van der Waals surface area contributed by atoms with Crippen molar-refractivity contribution in [1.29, 1.82) is 0 Å². The zero-order valence-corrected chi connectivity index (χ0v) is 8.48. The first-order valence-electron chi connectivity index (χ1n) is 1.89. The maximum Gasteiger partial charge on any atom is 0.365 e. The molecule has 0 bridgehead atoms. The Balaban J connectivity index is 5.08. The fraction of sp³-hybridized carbons (Fsp3) is 1.00. The smallest absolute Gasteiger partial charge is 0.202 e. The van der Waals surface area contributed by atoms with Crippen molar-refractivity contribution in [3.05, 3.63) is 0 Å². The van der Waals surface area contributed by atoms with Crippen LogP contribution in [0.25, 0.3) is 0 Å². The molecule has 0 radical (unpaired) electrons. The zero-order chi connectivity index (χ0) is 9.50. The van der Waals surface area contributed by atoms with E-state index in [0.717, 1.165) is 0 Å². The van der Waals surface area contributed by atoms with Crippen LogP contribution >= 0.6 is 31.9 Å². The number of rotatable bonds is 2. The highest BCUT2D eigenvalue weighted by molar-refractivity contribution is 9.13. The molecule has 68 valence electrons. The lowest BCUT2D eigenvalue weighted by atomic mass is 10.8.